The first-order valence-corrected chi connectivity index (χ1v) is 6.00. The third kappa shape index (κ3) is 2.53. The highest BCUT2D eigenvalue weighted by Gasteiger charge is 2.09. The van der Waals surface area contributed by atoms with Crippen LogP contribution in [0.5, 0.6) is 0 Å². The molecule has 0 amide bonds. The molecule has 0 aliphatic carbocycles. The smallest absolute Gasteiger partial charge is 0.157 e. The van der Waals surface area contributed by atoms with Crippen molar-refractivity contribution >= 4 is 23.1 Å². The lowest BCUT2D eigenvalue weighted by atomic mass is 10.2. The van der Waals surface area contributed by atoms with E-state index in [2.05, 4.69) is 27.3 Å². The molecular weight excluding hydrogens is 252 g/mol. The highest BCUT2D eigenvalue weighted by atomic mass is 35.5. The lowest BCUT2D eigenvalue weighted by molar-refractivity contribution is 0.746. The summed E-state index contributed by atoms with van der Waals surface area (Å²) in [4.78, 5) is 7.86. The summed E-state index contributed by atoms with van der Waals surface area (Å²) in [5.74, 6) is 0.543. The Morgan fingerprint density at radius 3 is 2.94 bits per heavy atom. The second kappa shape index (κ2) is 5.22. The van der Waals surface area contributed by atoms with E-state index in [1.165, 1.54) is 6.33 Å². The molecule has 2 aromatic heterocycles. The van der Waals surface area contributed by atoms with E-state index < -0.39 is 0 Å². The molecule has 2 rings (SSSR count). The topological polar surface area (TPSA) is 81.7 Å². The van der Waals surface area contributed by atoms with E-state index >= 15 is 0 Å². The van der Waals surface area contributed by atoms with Crippen molar-refractivity contribution in [3.05, 3.63) is 28.9 Å². The lowest BCUT2D eigenvalue weighted by Crippen LogP contribution is -2.06. The molecule has 0 atom stereocenters. The minimum atomic E-state index is 0.259. The van der Waals surface area contributed by atoms with Gasteiger partial charge in [0.25, 0.3) is 0 Å². The molecule has 7 heteroatoms. The van der Waals surface area contributed by atoms with Crippen molar-refractivity contribution in [1.29, 1.82) is 0 Å². The van der Waals surface area contributed by atoms with E-state index in [-0.39, 0.29) is 5.15 Å². The Hall–Kier alpha value is -1.82. The molecule has 0 bridgehead atoms. The van der Waals surface area contributed by atoms with Crippen molar-refractivity contribution < 1.29 is 0 Å². The summed E-state index contributed by atoms with van der Waals surface area (Å²) in [7, 11) is 1.90. The largest absolute Gasteiger partial charge is 0.393 e. The summed E-state index contributed by atoms with van der Waals surface area (Å²) in [6.45, 7) is 2.68. The van der Waals surface area contributed by atoms with Crippen LogP contribution in [-0.2, 0) is 20.0 Å². The first kappa shape index (κ1) is 12.6. The highest BCUT2D eigenvalue weighted by Crippen LogP contribution is 2.22. The zero-order valence-corrected chi connectivity index (χ0v) is 11.1. The van der Waals surface area contributed by atoms with E-state index in [4.69, 9.17) is 17.3 Å². The van der Waals surface area contributed by atoms with Crippen molar-refractivity contribution in [2.75, 3.05) is 11.1 Å². The fourth-order valence-corrected chi connectivity index (χ4v) is 1.86. The first-order chi connectivity index (χ1) is 8.61. The van der Waals surface area contributed by atoms with E-state index in [0.29, 0.717) is 18.1 Å². The van der Waals surface area contributed by atoms with Crippen LogP contribution in [0.1, 0.15) is 18.2 Å². The number of rotatable bonds is 4. The number of nitrogens with two attached hydrogens (primary N) is 1. The number of hydrogen-bond donors (Lipinski definition) is 2. The van der Waals surface area contributed by atoms with Crippen LogP contribution in [0.3, 0.4) is 0 Å². The van der Waals surface area contributed by atoms with Gasteiger partial charge < -0.3 is 11.1 Å². The molecule has 0 unspecified atom stereocenters. The predicted molar refractivity (Wildman–Crippen MR) is 71.4 cm³/mol. The van der Waals surface area contributed by atoms with E-state index in [1.54, 1.807) is 4.68 Å². The molecule has 0 saturated heterocycles. The zero-order chi connectivity index (χ0) is 13.1. The second-order valence-electron chi connectivity index (χ2n) is 3.91. The summed E-state index contributed by atoms with van der Waals surface area (Å²) >= 11 is 5.83. The fourth-order valence-electron chi connectivity index (χ4n) is 1.72. The van der Waals surface area contributed by atoms with Crippen LogP contribution in [0, 0.1) is 0 Å². The minimum Gasteiger partial charge on any atom is -0.393 e. The molecule has 0 radical (unpaired) electrons. The molecule has 96 valence electrons. The van der Waals surface area contributed by atoms with Gasteiger partial charge in [-0.05, 0) is 6.42 Å². The van der Waals surface area contributed by atoms with Gasteiger partial charge in [0, 0.05) is 25.4 Å². The standard InChI is InChI=1S/C11H15ClN6/c1-3-8-7(5-18(2)17-8)4-14-11-9(13)10(12)15-6-16-11/h5-6H,3-4,13H2,1-2H3,(H,14,15,16). The summed E-state index contributed by atoms with van der Waals surface area (Å²) < 4.78 is 1.80. The molecule has 2 heterocycles. The Kier molecular flexibility index (Phi) is 3.66. The number of nitrogen functional groups attached to an aromatic ring is 1. The first-order valence-electron chi connectivity index (χ1n) is 5.63. The van der Waals surface area contributed by atoms with Crippen molar-refractivity contribution in [2.24, 2.45) is 7.05 Å². The molecule has 0 fully saturated rings. The number of aryl methyl sites for hydroxylation is 2. The minimum absolute atomic E-state index is 0.259. The van der Waals surface area contributed by atoms with Crippen molar-refractivity contribution in [2.45, 2.75) is 19.9 Å². The maximum absolute atomic E-state index is 5.83. The number of nitrogens with one attached hydrogen (secondary N) is 1. The Balaban J connectivity index is 2.13. The van der Waals surface area contributed by atoms with Gasteiger partial charge in [0.05, 0.1) is 5.69 Å². The van der Waals surface area contributed by atoms with Gasteiger partial charge in [-0.2, -0.15) is 5.10 Å². The molecular formula is C11H15ClN6. The molecule has 2 aromatic rings. The Labute approximate surface area is 110 Å². The van der Waals surface area contributed by atoms with E-state index in [1.807, 2.05) is 13.2 Å². The number of nitrogens with zero attached hydrogens (tertiary/aromatic N) is 4. The number of aromatic nitrogens is 4. The van der Waals surface area contributed by atoms with Crippen molar-refractivity contribution in [3.8, 4) is 0 Å². The average molecular weight is 267 g/mol. The molecule has 0 saturated carbocycles. The Bertz CT molecular complexity index is 550. The molecule has 3 N–H and O–H groups in total. The SMILES string of the molecule is CCc1nn(C)cc1CNc1ncnc(Cl)c1N. The molecule has 18 heavy (non-hydrogen) atoms. The van der Waals surface area contributed by atoms with E-state index in [9.17, 15) is 0 Å². The van der Waals surface area contributed by atoms with Gasteiger partial charge in [-0.1, -0.05) is 18.5 Å². The number of hydrogen-bond acceptors (Lipinski definition) is 5. The van der Waals surface area contributed by atoms with Gasteiger partial charge in [0.2, 0.25) is 0 Å². The van der Waals surface area contributed by atoms with Gasteiger partial charge in [0.15, 0.2) is 11.0 Å². The van der Waals surface area contributed by atoms with Crippen LogP contribution in [0.15, 0.2) is 12.5 Å². The van der Waals surface area contributed by atoms with Gasteiger partial charge in [-0.15, -0.1) is 0 Å². The van der Waals surface area contributed by atoms with Crippen LogP contribution in [0.2, 0.25) is 5.15 Å². The van der Waals surface area contributed by atoms with Crippen LogP contribution in [0.25, 0.3) is 0 Å². The van der Waals surface area contributed by atoms with Crippen molar-refractivity contribution in [3.63, 3.8) is 0 Å². The summed E-state index contributed by atoms with van der Waals surface area (Å²) in [6, 6.07) is 0. The van der Waals surface area contributed by atoms with Crippen molar-refractivity contribution in [1.82, 2.24) is 19.7 Å². The maximum Gasteiger partial charge on any atom is 0.157 e. The maximum atomic E-state index is 5.83. The fraction of sp³-hybridized carbons (Fsp3) is 0.364. The molecule has 0 aromatic carbocycles. The molecule has 0 aliphatic heterocycles. The summed E-state index contributed by atoms with van der Waals surface area (Å²) in [6.07, 6.45) is 4.24. The zero-order valence-electron chi connectivity index (χ0n) is 10.3. The van der Waals surface area contributed by atoms with Gasteiger partial charge >= 0.3 is 0 Å². The van der Waals surface area contributed by atoms with Gasteiger partial charge in [-0.25, -0.2) is 9.97 Å². The number of halogens is 1. The van der Waals surface area contributed by atoms with Crippen LogP contribution in [-0.4, -0.2) is 19.7 Å². The Morgan fingerprint density at radius 1 is 1.44 bits per heavy atom. The van der Waals surface area contributed by atoms with Gasteiger partial charge in [0.1, 0.15) is 12.0 Å². The van der Waals surface area contributed by atoms with E-state index in [0.717, 1.165) is 17.7 Å². The Morgan fingerprint density at radius 2 is 2.22 bits per heavy atom. The van der Waals surface area contributed by atoms with Crippen LogP contribution in [0.4, 0.5) is 11.5 Å². The van der Waals surface area contributed by atoms with Crippen LogP contribution >= 0.6 is 11.6 Å². The quantitative estimate of drug-likeness (QED) is 0.822. The number of anilines is 2. The highest BCUT2D eigenvalue weighted by molar-refractivity contribution is 6.32. The predicted octanol–water partition coefficient (Wildman–Crippen LogP) is 1.62. The molecule has 0 spiro atoms. The molecule has 0 aliphatic rings. The third-order valence-electron chi connectivity index (χ3n) is 2.61. The monoisotopic (exact) mass is 266 g/mol. The lowest BCUT2D eigenvalue weighted by Gasteiger charge is -2.08. The normalized spacial score (nSPS) is 10.6. The summed E-state index contributed by atoms with van der Waals surface area (Å²) in [5.41, 5.74) is 8.32. The second-order valence-corrected chi connectivity index (χ2v) is 4.27. The van der Waals surface area contributed by atoms with Gasteiger partial charge in [-0.3, -0.25) is 4.68 Å². The van der Waals surface area contributed by atoms with Crippen LogP contribution < -0.4 is 11.1 Å². The third-order valence-corrected chi connectivity index (χ3v) is 2.91. The molecule has 6 nitrogen and oxygen atoms in total. The average Bonchev–Trinajstić information content (AvgIpc) is 2.71. The summed E-state index contributed by atoms with van der Waals surface area (Å²) in [5, 5.41) is 7.77.